The minimum atomic E-state index is -1.28. The molecule has 11 nitrogen and oxygen atoms in total. The number of aliphatic hydroxyl groups excluding tert-OH is 1. The Hall–Kier alpha value is -2.90. The molecule has 4 bridgehead atoms. The first-order chi connectivity index (χ1) is 17.8. The number of carbonyl (C=O) groups excluding carboxylic acids is 4. The van der Waals surface area contributed by atoms with Crippen molar-refractivity contribution in [2.24, 2.45) is 17.8 Å². The lowest BCUT2D eigenvalue weighted by Gasteiger charge is -2.28. The fourth-order valence-corrected chi connectivity index (χ4v) is 5.99. The summed E-state index contributed by atoms with van der Waals surface area (Å²) in [5.41, 5.74) is 0.316. The van der Waals surface area contributed by atoms with Gasteiger partial charge in [-0.3, -0.25) is 19.2 Å². The number of nitrogens with one attached hydrogen (secondary N) is 4. The van der Waals surface area contributed by atoms with Crippen LogP contribution in [0.15, 0.2) is 10.8 Å². The lowest BCUT2D eigenvalue weighted by atomic mass is 10.0. The standard InChI is InChI=1S/C25H36N6O5S2/c1-10(2)16-22(35)31-19(13(7)32)23(36)30-18(12(5)6)25-27-15(9-38-25)21(34)29-17(11(3)4)24-26-14(8-37-24)20(33)28-16/h8-13,16-19,32H,1-7H3,(H,28,33)(H,29,34)(H,30,36)(H,31,35)/t13-,16-,17-,18-,19+/m0/s1. The zero-order valence-corrected chi connectivity index (χ0v) is 24.2. The molecule has 1 aliphatic rings. The fourth-order valence-electron chi connectivity index (χ4n) is 3.95. The SMILES string of the molecule is CC(C)[C@@H]1NC(=O)c2csc(n2)[C@H](C(C)C)NC(=O)c2csc(n2)[C@H](C(C)C)NC(=O)[C@@H]([C@H](C)O)NC1=O. The van der Waals surface area contributed by atoms with Gasteiger partial charge in [0.2, 0.25) is 11.8 Å². The summed E-state index contributed by atoms with van der Waals surface area (Å²) in [5.74, 6) is -2.60. The lowest BCUT2D eigenvalue weighted by Crippen LogP contribution is -2.58. The van der Waals surface area contributed by atoms with Crippen LogP contribution >= 0.6 is 22.7 Å². The summed E-state index contributed by atoms with van der Waals surface area (Å²) in [6, 6.07) is -3.28. The molecule has 0 spiro atoms. The van der Waals surface area contributed by atoms with Gasteiger partial charge in [0.15, 0.2) is 0 Å². The zero-order chi connectivity index (χ0) is 28.3. The molecule has 5 atom stereocenters. The molecule has 1 aliphatic heterocycles. The molecular weight excluding hydrogens is 528 g/mol. The van der Waals surface area contributed by atoms with Gasteiger partial charge in [-0.1, -0.05) is 41.5 Å². The third kappa shape index (κ3) is 6.75. The molecule has 0 aliphatic carbocycles. The number of amides is 4. The van der Waals surface area contributed by atoms with Crippen LogP contribution < -0.4 is 21.3 Å². The molecule has 0 saturated carbocycles. The molecule has 0 aromatic carbocycles. The van der Waals surface area contributed by atoms with Gasteiger partial charge < -0.3 is 26.4 Å². The molecule has 0 saturated heterocycles. The Bertz CT molecular complexity index is 1170. The molecule has 5 N–H and O–H groups in total. The molecule has 4 amide bonds. The number of carbonyl (C=O) groups is 4. The van der Waals surface area contributed by atoms with Crippen LogP contribution in [-0.2, 0) is 9.59 Å². The summed E-state index contributed by atoms with van der Waals surface area (Å²) >= 11 is 2.48. The van der Waals surface area contributed by atoms with Crippen molar-refractivity contribution in [3.63, 3.8) is 0 Å². The summed E-state index contributed by atoms with van der Waals surface area (Å²) in [4.78, 5) is 61.6. The maximum absolute atomic E-state index is 13.2. The van der Waals surface area contributed by atoms with E-state index in [0.717, 1.165) is 0 Å². The van der Waals surface area contributed by atoms with Crippen LogP contribution in [0, 0.1) is 17.8 Å². The Labute approximate surface area is 230 Å². The Kier molecular flexibility index (Phi) is 9.60. The Morgan fingerprint density at radius 2 is 1.00 bits per heavy atom. The van der Waals surface area contributed by atoms with E-state index in [0.29, 0.717) is 10.0 Å². The molecule has 3 heterocycles. The number of hydrogen-bond acceptors (Lipinski definition) is 9. The molecular formula is C25H36N6O5S2. The quantitative estimate of drug-likeness (QED) is 0.380. The largest absolute Gasteiger partial charge is 0.391 e. The van der Waals surface area contributed by atoms with E-state index >= 15 is 0 Å². The number of fused-ring (bicyclic) bond motifs is 4. The van der Waals surface area contributed by atoms with Crippen LogP contribution in [0.25, 0.3) is 0 Å². The van der Waals surface area contributed by atoms with Gasteiger partial charge in [-0.05, 0) is 24.7 Å². The molecule has 0 radical (unpaired) electrons. The van der Waals surface area contributed by atoms with Gasteiger partial charge in [0.05, 0.1) is 18.2 Å². The highest BCUT2D eigenvalue weighted by atomic mass is 32.1. The molecule has 38 heavy (non-hydrogen) atoms. The first kappa shape index (κ1) is 29.7. The highest BCUT2D eigenvalue weighted by Gasteiger charge is 2.34. The van der Waals surface area contributed by atoms with E-state index in [1.807, 2.05) is 27.7 Å². The Morgan fingerprint density at radius 1 is 0.632 bits per heavy atom. The summed E-state index contributed by atoms with van der Waals surface area (Å²) in [7, 11) is 0. The summed E-state index contributed by atoms with van der Waals surface area (Å²) in [5, 5.41) is 25.8. The number of rotatable bonds is 4. The van der Waals surface area contributed by atoms with E-state index in [-0.39, 0.29) is 29.1 Å². The van der Waals surface area contributed by atoms with Gasteiger partial charge in [0.1, 0.15) is 33.5 Å². The van der Waals surface area contributed by atoms with E-state index in [1.54, 1.807) is 24.6 Å². The number of hydrogen-bond donors (Lipinski definition) is 5. The average Bonchev–Trinajstić information content (AvgIpc) is 3.51. The van der Waals surface area contributed by atoms with Crippen molar-refractivity contribution in [2.45, 2.75) is 78.7 Å². The average molecular weight is 565 g/mol. The molecule has 0 unspecified atom stereocenters. The van der Waals surface area contributed by atoms with E-state index in [9.17, 15) is 24.3 Å². The topological polar surface area (TPSA) is 162 Å². The maximum Gasteiger partial charge on any atom is 0.271 e. The molecule has 2 aromatic rings. The molecule has 0 fully saturated rings. The fraction of sp³-hybridized carbons (Fsp3) is 0.600. The highest BCUT2D eigenvalue weighted by Crippen LogP contribution is 2.28. The van der Waals surface area contributed by atoms with E-state index in [2.05, 4.69) is 31.2 Å². The minimum absolute atomic E-state index is 0.0287. The van der Waals surface area contributed by atoms with Crippen LogP contribution in [0.3, 0.4) is 0 Å². The summed E-state index contributed by atoms with van der Waals surface area (Å²) in [6.45, 7) is 12.6. The molecule has 3 rings (SSSR count). The van der Waals surface area contributed by atoms with Crippen molar-refractivity contribution in [1.29, 1.82) is 0 Å². The van der Waals surface area contributed by atoms with Crippen LogP contribution in [0.4, 0.5) is 0 Å². The highest BCUT2D eigenvalue weighted by molar-refractivity contribution is 7.10. The van der Waals surface area contributed by atoms with Crippen molar-refractivity contribution < 1.29 is 24.3 Å². The van der Waals surface area contributed by atoms with Crippen molar-refractivity contribution in [2.75, 3.05) is 0 Å². The summed E-state index contributed by atoms with van der Waals surface area (Å²) < 4.78 is 0. The van der Waals surface area contributed by atoms with Crippen molar-refractivity contribution in [3.8, 4) is 0 Å². The number of aromatic nitrogens is 2. The lowest BCUT2D eigenvalue weighted by molar-refractivity contribution is -0.133. The van der Waals surface area contributed by atoms with Gasteiger partial charge in [-0.2, -0.15) is 0 Å². The van der Waals surface area contributed by atoms with E-state index < -0.39 is 53.9 Å². The van der Waals surface area contributed by atoms with Gasteiger partial charge in [0, 0.05) is 10.8 Å². The second-order valence-corrected chi connectivity index (χ2v) is 12.3. The summed E-state index contributed by atoms with van der Waals surface area (Å²) in [6.07, 6.45) is -1.22. The second kappa shape index (κ2) is 12.3. The third-order valence-corrected chi connectivity index (χ3v) is 8.11. The van der Waals surface area contributed by atoms with E-state index in [4.69, 9.17) is 0 Å². The van der Waals surface area contributed by atoms with Crippen molar-refractivity contribution in [1.82, 2.24) is 31.2 Å². The van der Waals surface area contributed by atoms with Crippen molar-refractivity contribution >= 4 is 46.3 Å². The third-order valence-electron chi connectivity index (χ3n) is 6.26. The Balaban J connectivity index is 2.07. The number of nitrogens with zero attached hydrogens (tertiary/aromatic N) is 2. The first-order valence-corrected chi connectivity index (χ1v) is 14.4. The number of aliphatic hydroxyl groups is 1. The van der Waals surface area contributed by atoms with Gasteiger partial charge in [-0.25, -0.2) is 9.97 Å². The minimum Gasteiger partial charge on any atom is -0.391 e. The van der Waals surface area contributed by atoms with Crippen LogP contribution in [0.1, 0.15) is 91.5 Å². The molecule has 13 heteroatoms. The number of thiazole rings is 2. The molecule has 208 valence electrons. The predicted molar refractivity (Wildman–Crippen MR) is 145 cm³/mol. The molecule has 2 aromatic heterocycles. The smallest absolute Gasteiger partial charge is 0.271 e. The predicted octanol–water partition coefficient (Wildman–Crippen LogP) is 2.17. The van der Waals surface area contributed by atoms with Crippen LogP contribution in [-0.4, -0.2) is 56.9 Å². The van der Waals surface area contributed by atoms with Crippen molar-refractivity contribution in [3.05, 3.63) is 32.2 Å². The van der Waals surface area contributed by atoms with Gasteiger partial charge in [0.25, 0.3) is 11.8 Å². The monoisotopic (exact) mass is 564 g/mol. The normalized spacial score (nSPS) is 24.4. The van der Waals surface area contributed by atoms with Gasteiger partial charge in [-0.15, -0.1) is 22.7 Å². The second-order valence-electron chi connectivity index (χ2n) is 10.5. The van der Waals surface area contributed by atoms with Crippen LogP contribution in [0.5, 0.6) is 0 Å². The van der Waals surface area contributed by atoms with E-state index in [1.165, 1.54) is 29.6 Å². The van der Waals surface area contributed by atoms with Crippen LogP contribution in [0.2, 0.25) is 0 Å². The maximum atomic E-state index is 13.2. The zero-order valence-electron chi connectivity index (χ0n) is 22.6. The Morgan fingerprint density at radius 3 is 1.42 bits per heavy atom. The first-order valence-electron chi connectivity index (χ1n) is 12.6. The van der Waals surface area contributed by atoms with Gasteiger partial charge >= 0.3 is 0 Å².